The molecule has 0 radical (unpaired) electrons. The van der Waals surface area contributed by atoms with Gasteiger partial charge in [-0.3, -0.25) is 9.59 Å². The fourth-order valence-electron chi connectivity index (χ4n) is 2.22. The van der Waals surface area contributed by atoms with Gasteiger partial charge in [0.2, 0.25) is 0 Å². The Labute approximate surface area is 136 Å². The molecule has 126 valence electrons. The van der Waals surface area contributed by atoms with Gasteiger partial charge in [-0.15, -0.1) is 0 Å². The van der Waals surface area contributed by atoms with Crippen LogP contribution >= 0.6 is 0 Å². The molecule has 0 heterocycles. The SMILES string of the molecule is CCOc1ccc(NC(=O)COC(=O)C2CCC2)cc1OCC. The van der Waals surface area contributed by atoms with Crippen LogP contribution in [-0.4, -0.2) is 31.7 Å². The fourth-order valence-corrected chi connectivity index (χ4v) is 2.22. The zero-order chi connectivity index (χ0) is 16.7. The highest BCUT2D eigenvalue weighted by atomic mass is 16.5. The molecule has 1 aliphatic carbocycles. The molecule has 1 aromatic rings. The van der Waals surface area contributed by atoms with E-state index in [0.717, 1.165) is 19.3 Å². The smallest absolute Gasteiger partial charge is 0.309 e. The molecule has 1 N–H and O–H groups in total. The number of amides is 1. The molecule has 23 heavy (non-hydrogen) atoms. The third-order valence-corrected chi connectivity index (χ3v) is 3.61. The number of carbonyl (C=O) groups excluding carboxylic acids is 2. The van der Waals surface area contributed by atoms with Crippen LogP contribution in [-0.2, 0) is 14.3 Å². The van der Waals surface area contributed by atoms with E-state index in [1.807, 2.05) is 13.8 Å². The Bertz CT molecular complexity index is 554. The van der Waals surface area contributed by atoms with E-state index >= 15 is 0 Å². The van der Waals surface area contributed by atoms with Crippen molar-refractivity contribution in [3.05, 3.63) is 18.2 Å². The standard InChI is InChI=1S/C17H23NO5/c1-3-21-14-9-8-13(10-15(14)22-4-2)18-16(19)11-23-17(20)12-6-5-7-12/h8-10,12H,3-7,11H2,1-2H3,(H,18,19). The van der Waals surface area contributed by atoms with Crippen LogP contribution in [0.2, 0.25) is 0 Å². The minimum absolute atomic E-state index is 0.0298. The molecule has 2 rings (SSSR count). The van der Waals surface area contributed by atoms with Gasteiger partial charge in [0.15, 0.2) is 18.1 Å². The van der Waals surface area contributed by atoms with Gasteiger partial charge in [-0.05, 0) is 38.8 Å². The van der Waals surface area contributed by atoms with Crippen LogP contribution in [0, 0.1) is 5.92 Å². The molecule has 0 spiro atoms. The van der Waals surface area contributed by atoms with Crippen LogP contribution in [0.25, 0.3) is 0 Å². The Balaban J connectivity index is 1.89. The first kappa shape index (κ1) is 17.1. The van der Waals surface area contributed by atoms with Gasteiger partial charge in [0.25, 0.3) is 5.91 Å². The zero-order valence-corrected chi connectivity index (χ0v) is 13.6. The molecule has 1 aliphatic rings. The maximum absolute atomic E-state index is 11.9. The number of benzene rings is 1. The number of rotatable bonds is 8. The number of carbonyl (C=O) groups is 2. The van der Waals surface area contributed by atoms with Crippen molar-refractivity contribution in [2.75, 3.05) is 25.1 Å². The lowest BCUT2D eigenvalue weighted by atomic mass is 9.86. The minimum atomic E-state index is -0.371. The van der Waals surface area contributed by atoms with Crippen molar-refractivity contribution in [1.29, 1.82) is 0 Å². The molecule has 6 heteroatoms. The molecular formula is C17H23NO5. The van der Waals surface area contributed by atoms with Gasteiger partial charge in [0.1, 0.15) is 0 Å². The van der Waals surface area contributed by atoms with Gasteiger partial charge >= 0.3 is 5.97 Å². The van der Waals surface area contributed by atoms with Gasteiger partial charge < -0.3 is 19.5 Å². The molecule has 1 saturated carbocycles. The first-order valence-electron chi connectivity index (χ1n) is 8.00. The predicted octanol–water partition coefficient (Wildman–Crippen LogP) is 2.77. The summed E-state index contributed by atoms with van der Waals surface area (Å²) in [7, 11) is 0. The van der Waals surface area contributed by atoms with Crippen LogP contribution in [0.5, 0.6) is 11.5 Å². The quantitative estimate of drug-likeness (QED) is 0.745. The first-order chi connectivity index (χ1) is 11.1. The van der Waals surface area contributed by atoms with Gasteiger partial charge in [0, 0.05) is 11.8 Å². The number of nitrogens with one attached hydrogen (secondary N) is 1. The Hall–Kier alpha value is -2.24. The third kappa shape index (κ3) is 4.87. The van der Waals surface area contributed by atoms with E-state index in [2.05, 4.69) is 5.32 Å². The maximum atomic E-state index is 11.9. The van der Waals surface area contributed by atoms with E-state index in [1.165, 1.54) is 0 Å². The van der Waals surface area contributed by atoms with E-state index in [1.54, 1.807) is 18.2 Å². The summed E-state index contributed by atoms with van der Waals surface area (Å²) in [5.74, 6) is 0.512. The molecule has 0 atom stereocenters. The molecule has 0 aliphatic heterocycles. The summed E-state index contributed by atoms with van der Waals surface area (Å²) in [6, 6.07) is 5.16. The van der Waals surface area contributed by atoms with Crippen LogP contribution in [0.1, 0.15) is 33.1 Å². The van der Waals surface area contributed by atoms with Crippen molar-refractivity contribution in [2.24, 2.45) is 5.92 Å². The van der Waals surface area contributed by atoms with Gasteiger partial charge in [-0.1, -0.05) is 6.42 Å². The van der Waals surface area contributed by atoms with Crippen LogP contribution in [0.15, 0.2) is 18.2 Å². The van der Waals surface area contributed by atoms with Crippen molar-refractivity contribution >= 4 is 17.6 Å². The second-order valence-corrected chi connectivity index (χ2v) is 5.31. The largest absolute Gasteiger partial charge is 0.490 e. The summed E-state index contributed by atoms with van der Waals surface area (Å²) in [6.07, 6.45) is 2.77. The Morgan fingerprint density at radius 2 is 1.83 bits per heavy atom. The average Bonchev–Trinajstić information content (AvgIpc) is 2.46. The van der Waals surface area contributed by atoms with E-state index in [4.69, 9.17) is 14.2 Å². The van der Waals surface area contributed by atoms with Crippen molar-refractivity contribution in [2.45, 2.75) is 33.1 Å². The monoisotopic (exact) mass is 321 g/mol. The Kier molecular flexibility index (Phi) is 6.26. The van der Waals surface area contributed by atoms with Crippen LogP contribution in [0.4, 0.5) is 5.69 Å². The minimum Gasteiger partial charge on any atom is -0.490 e. The lowest BCUT2D eigenvalue weighted by molar-refractivity contribution is -0.154. The van der Waals surface area contributed by atoms with E-state index in [-0.39, 0.29) is 24.4 Å². The number of anilines is 1. The molecule has 1 fully saturated rings. The summed E-state index contributed by atoms with van der Waals surface area (Å²) in [4.78, 5) is 23.5. The predicted molar refractivity (Wildman–Crippen MR) is 85.7 cm³/mol. The number of hydrogen-bond donors (Lipinski definition) is 1. The molecule has 0 aromatic heterocycles. The summed E-state index contributed by atoms with van der Waals surface area (Å²) in [5, 5.41) is 2.69. The molecule has 0 saturated heterocycles. The topological polar surface area (TPSA) is 73.9 Å². The molecule has 1 amide bonds. The van der Waals surface area contributed by atoms with Crippen molar-refractivity contribution < 1.29 is 23.8 Å². The Morgan fingerprint density at radius 1 is 1.13 bits per heavy atom. The zero-order valence-electron chi connectivity index (χ0n) is 13.6. The highest BCUT2D eigenvalue weighted by Crippen LogP contribution is 2.30. The van der Waals surface area contributed by atoms with Crippen molar-refractivity contribution in [3.8, 4) is 11.5 Å². The molecule has 0 unspecified atom stereocenters. The van der Waals surface area contributed by atoms with Gasteiger partial charge in [-0.2, -0.15) is 0 Å². The fraction of sp³-hybridized carbons (Fsp3) is 0.529. The second kappa shape index (κ2) is 8.41. The summed E-state index contributed by atoms with van der Waals surface area (Å²) < 4.78 is 16.0. The molecule has 6 nitrogen and oxygen atoms in total. The van der Waals surface area contributed by atoms with Crippen LogP contribution < -0.4 is 14.8 Å². The molecule has 0 bridgehead atoms. The number of esters is 1. The van der Waals surface area contributed by atoms with E-state index < -0.39 is 0 Å². The summed E-state index contributed by atoms with van der Waals surface area (Å²) >= 11 is 0. The van der Waals surface area contributed by atoms with Crippen molar-refractivity contribution in [3.63, 3.8) is 0 Å². The Morgan fingerprint density at radius 3 is 2.43 bits per heavy atom. The molecule has 1 aromatic carbocycles. The normalized spacial score (nSPS) is 13.8. The van der Waals surface area contributed by atoms with E-state index in [9.17, 15) is 9.59 Å². The maximum Gasteiger partial charge on any atom is 0.309 e. The molecular weight excluding hydrogens is 298 g/mol. The second-order valence-electron chi connectivity index (χ2n) is 5.31. The van der Waals surface area contributed by atoms with Crippen molar-refractivity contribution in [1.82, 2.24) is 0 Å². The lowest BCUT2D eigenvalue weighted by Gasteiger charge is -2.22. The van der Waals surface area contributed by atoms with E-state index in [0.29, 0.717) is 30.4 Å². The number of hydrogen-bond acceptors (Lipinski definition) is 5. The summed E-state index contributed by atoms with van der Waals surface area (Å²) in [6.45, 7) is 4.52. The summed E-state index contributed by atoms with van der Waals surface area (Å²) in [5.41, 5.74) is 0.571. The highest BCUT2D eigenvalue weighted by Gasteiger charge is 2.27. The first-order valence-corrected chi connectivity index (χ1v) is 8.00. The lowest BCUT2D eigenvalue weighted by Crippen LogP contribution is -2.28. The third-order valence-electron chi connectivity index (χ3n) is 3.61. The van der Waals surface area contributed by atoms with Gasteiger partial charge in [-0.25, -0.2) is 0 Å². The average molecular weight is 321 g/mol. The highest BCUT2D eigenvalue weighted by molar-refractivity contribution is 5.93. The van der Waals surface area contributed by atoms with Crippen LogP contribution in [0.3, 0.4) is 0 Å². The van der Waals surface area contributed by atoms with Gasteiger partial charge in [0.05, 0.1) is 19.1 Å². The number of ether oxygens (including phenoxy) is 3.